The van der Waals surface area contributed by atoms with E-state index in [4.69, 9.17) is 0 Å². The Morgan fingerprint density at radius 1 is 1.00 bits per heavy atom. The lowest BCUT2D eigenvalue weighted by Gasteiger charge is -2.30. The van der Waals surface area contributed by atoms with Crippen LogP contribution in [0.4, 0.5) is 18.0 Å². The Morgan fingerprint density at radius 3 is 2.03 bits per heavy atom. The van der Waals surface area contributed by atoms with Crippen LogP contribution in [0.15, 0.2) is 73.1 Å². The van der Waals surface area contributed by atoms with Gasteiger partial charge in [-0.15, -0.1) is 0 Å². The van der Waals surface area contributed by atoms with Crippen LogP contribution in [0.3, 0.4) is 0 Å². The third kappa shape index (κ3) is 5.92. The fourth-order valence-corrected chi connectivity index (χ4v) is 3.79. The molecule has 0 unspecified atom stereocenters. The molecule has 1 atom stereocenters. The van der Waals surface area contributed by atoms with Crippen molar-refractivity contribution in [3.8, 4) is 0 Å². The Balaban J connectivity index is 1.55. The number of hydrogen-bond donors (Lipinski definition) is 3. The third-order valence-electron chi connectivity index (χ3n) is 5.55. The summed E-state index contributed by atoms with van der Waals surface area (Å²) in [5.41, 5.74) is -0.947. The van der Waals surface area contributed by atoms with E-state index in [1.165, 1.54) is 19.4 Å². The van der Waals surface area contributed by atoms with Gasteiger partial charge in [-0.25, -0.2) is 9.78 Å². The van der Waals surface area contributed by atoms with Gasteiger partial charge in [0.05, 0.1) is 0 Å². The number of hydrogen-bond acceptors (Lipinski definition) is 3. The largest absolute Gasteiger partial charge is 0.424 e. The molecule has 0 bridgehead atoms. The molecule has 3 N–H and O–H groups in total. The molecule has 0 saturated heterocycles. The van der Waals surface area contributed by atoms with Crippen molar-refractivity contribution < 1.29 is 23.1 Å². The number of alkyl halides is 3. The third-order valence-corrected chi connectivity index (χ3v) is 5.55. The average Bonchev–Trinajstić information content (AvgIpc) is 3.23. The summed E-state index contributed by atoms with van der Waals surface area (Å²) in [6, 6.07) is 19.2. The smallest absolute Gasteiger partial charge is 0.374 e. The molecule has 3 rings (SSSR count). The lowest BCUT2D eigenvalue weighted by Crippen LogP contribution is -2.47. The van der Waals surface area contributed by atoms with E-state index in [9.17, 15) is 23.1 Å². The standard InChI is InChI=1S/C24H27F3N4O2/c1-31-17-16-28-21(31)23(33,24(25,26)27)13-15-30-22(32)29-14-12-20(18-8-4-2-5-9-18)19-10-6-3-7-11-19/h2-11,16-17,20,33H,12-15H2,1H3,(H2,29,30,32)/t23-/m1/s1. The van der Waals surface area contributed by atoms with Crippen molar-refractivity contribution in [3.63, 3.8) is 0 Å². The Bertz CT molecular complexity index is 985. The Hall–Kier alpha value is -3.33. The van der Waals surface area contributed by atoms with E-state index < -0.39 is 30.1 Å². The van der Waals surface area contributed by atoms with Crippen LogP contribution in [0.25, 0.3) is 0 Å². The summed E-state index contributed by atoms with van der Waals surface area (Å²) in [4.78, 5) is 15.8. The topological polar surface area (TPSA) is 79.2 Å². The van der Waals surface area contributed by atoms with Crippen molar-refractivity contribution in [1.29, 1.82) is 0 Å². The number of amides is 2. The zero-order valence-corrected chi connectivity index (χ0v) is 18.2. The number of benzene rings is 2. The monoisotopic (exact) mass is 460 g/mol. The summed E-state index contributed by atoms with van der Waals surface area (Å²) < 4.78 is 41.8. The molecule has 0 aliphatic rings. The van der Waals surface area contributed by atoms with Crippen LogP contribution in [0.2, 0.25) is 0 Å². The first-order valence-electron chi connectivity index (χ1n) is 10.6. The summed E-state index contributed by atoms with van der Waals surface area (Å²) in [6.45, 7) is -0.0568. The molecule has 0 fully saturated rings. The number of nitrogens with one attached hydrogen (secondary N) is 2. The van der Waals surface area contributed by atoms with Gasteiger partial charge in [-0.1, -0.05) is 60.7 Å². The summed E-state index contributed by atoms with van der Waals surface area (Å²) in [5, 5.41) is 15.4. The van der Waals surface area contributed by atoms with Gasteiger partial charge >= 0.3 is 12.2 Å². The van der Waals surface area contributed by atoms with Crippen LogP contribution in [0.5, 0.6) is 0 Å². The number of aromatic nitrogens is 2. The Labute approximate surface area is 190 Å². The highest BCUT2D eigenvalue weighted by Crippen LogP contribution is 2.40. The molecule has 1 aromatic heterocycles. The number of aryl methyl sites for hydroxylation is 1. The molecule has 176 valence electrons. The number of carbonyl (C=O) groups is 1. The first kappa shape index (κ1) is 24.3. The highest BCUT2D eigenvalue weighted by atomic mass is 19.4. The van der Waals surface area contributed by atoms with Crippen molar-refractivity contribution in [3.05, 3.63) is 90.0 Å². The maximum atomic E-state index is 13.6. The number of halogens is 3. The maximum Gasteiger partial charge on any atom is 0.424 e. The average molecular weight is 461 g/mol. The summed E-state index contributed by atoms with van der Waals surface area (Å²) in [7, 11) is 1.37. The van der Waals surface area contributed by atoms with Crippen molar-refractivity contribution in [2.45, 2.75) is 30.5 Å². The summed E-state index contributed by atoms with van der Waals surface area (Å²) in [6.07, 6.45) is -2.58. The SMILES string of the molecule is Cn1ccnc1[C@](O)(CCNC(=O)NCCC(c1ccccc1)c1ccccc1)C(F)(F)F. The van der Waals surface area contributed by atoms with E-state index in [0.717, 1.165) is 15.7 Å². The summed E-state index contributed by atoms with van der Waals surface area (Å²) in [5.74, 6) is -0.461. The van der Waals surface area contributed by atoms with Crippen molar-refractivity contribution in [2.24, 2.45) is 7.05 Å². The number of aliphatic hydroxyl groups is 1. The molecular formula is C24H27F3N4O2. The number of nitrogens with zero attached hydrogens (tertiary/aromatic N) is 2. The number of rotatable bonds is 9. The normalized spacial score (nSPS) is 13.5. The maximum absolute atomic E-state index is 13.6. The molecular weight excluding hydrogens is 433 g/mol. The summed E-state index contributed by atoms with van der Waals surface area (Å²) >= 11 is 0. The van der Waals surface area contributed by atoms with Crippen molar-refractivity contribution in [1.82, 2.24) is 20.2 Å². The van der Waals surface area contributed by atoms with Crippen molar-refractivity contribution in [2.75, 3.05) is 13.1 Å². The van der Waals surface area contributed by atoms with Gasteiger partial charge in [0.25, 0.3) is 0 Å². The molecule has 6 nitrogen and oxygen atoms in total. The quantitative estimate of drug-likeness (QED) is 0.450. The second-order valence-electron chi connectivity index (χ2n) is 7.82. The van der Waals surface area contributed by atoms with Gasteiger partial charge in [-0.05, 0) is 17.5 Å². The van der Waals surface area contributed by atoms with E-state index in [-0.39, 0.29) is 12.5 Å². The van der Waals surface area contributed by atoms with Gasteiger partial charge in [0.2, 0.25) is 5.60 Å². The number of urea groups is 1. The first-order valence-corrected chi connectivity index (χ1v) is 10.6. The van der Waals surface area contributed by atoms with Gasteiger partial charge in [0, 0.05) is 44.9 Å². The zero-order valence-electron chi connectivity index (χ0n) is 18.2. The lowest BCUT2D eigenvalue weighted by atomic mass is 9.88. The molecule has 0 aliphatic carbocycles. The minimum absolute atomic E-state index is 0.0615. The van der Waals surface area contributed by atoms with Crippen LogP contribution >= 0.6 is 0 Å². The van der Waals surface area contributed by atoms with E-state index in [2.05, 4.69) is 15.6 Å². The Kier molecular flexibility index (Phi) is 7.75. The van der Waals surface area contributed by atoms with Gasteiger partial charge in [0.15, 0.2) is 0 Å². The molecule has 2 amide bonds. The van der Waals surface area contributed by atoms with E-state index in [0.29, 0.717) is 13.0 Å². The van der Waals surface area contributed by atoms with E-state index in [1.54, 1.807) is 0 Å². The van der Waals surface area contributed by atoms with Gasteiger partial charge in [-0.3, -0.25) is 0 Å². The van der Waals surface area contributed by atoms with Crippen LogP contribution in [-0.4, -0.2) is 40.0 Å². The van der Waals surface area contributed by atoms with Crippen LogP contribution in [0, 0.1) is 0 Å². The van der Waals surface area contributed by atoms with E-state index >= 15 is 0 Å². The zero-order chi connectivity index (χ0) is 23.9. The van der Waals surface area contributed by atoms with Gasteiger partial charge < -0.3 is 20.3 Å². The number of carbonyl (C=O) groups excluding carboxylic acids is 1. The number of imidazole rings is 1. The van der Waals surface area contributed by atoms with Crippen LogP contribution < -0.4 is 10.6 Å². The molecule has 0 radical (unpaired) electrons. The Morgan fingerprint density at radius 2 is 1.55 bits per heavy atom. The first-order chi connectivity index (χ1) is 15.7. The molecule has 9 heteroatoms. The van der Waals surface area contributed by atoms with Gasteiger partial charge in [-0.2, -0.15) is 13.2 Å². The molecule has 2 aromatic carbocycles. The highest BCUT2D eigenvalue weighted by Gasteiger charge is 2.57. The fourth-order valence-electron chi connectivity index (χ4n) is 3.79. The van der Waals surface area contributed by atoms with Crippen LogP contribution in [0.1, 0.15) is 35.7 Å². The lowest BCUT2D eigenvalue weighted by molar-refractivity contribution is -0.272. The highest BCUT2D eigenvalue weighted by molar-refractivity contribution is 5.73. The predicted octanol–water partition coefficient (Wildman–Crippen LogP) is 4.08. The van der Waals surface area contributed by atoms with E-state index in [1.807, 2.05) is 60.7 Å². The second kappa shape index (κ2) is 10.5. The van der Waals surface area contributed by atoms with Gasteiger partial charge in [0.1, 0.15) is 5.82 Å². The molecule has 33 heavy (non-hydrogen) atoms. The molecule has 3 aromatic rings. The fraction of sp³-hybridized carbons (Fsp3) is 0.333. The molecule has 0 saturated carbocycles. The minimum Gasteiger partial charge on any atom is -0.374 e. The van der Waals surface area contributed by atoms with Crippen LogP contribution in [-0.2, 0) is 12.6 Å². The molecule has 0 spiro atoms. The predicted molar refractivity (Wildman–Crippen MR) is 119 cm³/mol. The second-order valence-corrected chi connectivity index (χ2v) is 7.82. The minimum atomic E-state index is -4.94. The molecule has 1 heterocycles. The van der Waals surface area contributed by atoms with Crippen molar-refractivity contribution >= 4 is 6.03 Å². The molecule has 0 aliphatic heterocycles.